The fraction of sp³-hybridized carbons (Fsp3) is 0.269. The van der Waals surface area contributed by atoms with Crippen molar-refractivity contribution in [1.82, 2.24) is 4.90 Å². The zero-order chi connectivity index (χ0) is 23.1. The van der Waals surface area contributed by atoms with Gasteiger partial charge in [0.1, 0.15) is 6.54 Å². The largest absolute Gasteiger partial charge is 0.332 e. The monoisotopic (exact) mass is 450 g/mol. The van der Waals surface area contributed by atoms with Gasteiger partial charge in [-0.3, -0.25) is 9.10 Å². The normalized spacial score (nSPS) is 11.4. The molecule has 0 saturated heterocycles. The summed E-state index contributed by atoms with van der Waals surface area (Å²) in [6.07, 6.45) is 1.13. The number of nitrogens with zero attached hydrogens (tertiary/aromatic N) is 2. The average molecular weight is 451 g/mol. The van der Waals surface area contributed by atoms with E-state index >= 15 is 0 Å². The molecule has 0 saturated carbocycles. The lowest BCUT2D eigenvalue weighted by atomic mass is 10.0. The van der Waals surface area contributed by atoms with Crippen LogP contribution in [0.5, 0.6) is 0 Å². The van der Waals surface area contributed by atoms with Gasteiger partial charge < -0.3 is 4.90 Å². The highest BCUT2D eigenvalue weighted by molar-refractivity contribution is 7.92. The molecule has 0 spiro atoms. The molecule has 0 aliphatic carbocycles. The Labute approximate surface area is 191 Å². The van der Waals surface area contributed by atoms with Crippen LogP contribution in [0.25, 0.3) is 0 Å². The van der Waals surface area contributed by atoms with Gasteiger partial charge in [0.2, 0.25) is 15.9 Å². The highest BCUT2D eigenvalue weighted by Crippen LogP contribution is 2.22. The minimum atomic E-state index is -3.64. The third-order valence-corrected chi connectivity index (χ3v) is 6.45. The zero-order valence-electron chi connectivity index (χ0n) is 18.8. The quantitative estimate of drug-likeness (QED) is 0.470. The molecule has 0 radical (unpaired) electrons. The molecule has 3 aromatic carbocycles. The molecule has 0 atom stereocenters. The Morgan fingerprint density at radius 3 is 1.66 bits per heavy atom. The van der Waals surface area contributed by atoms with Gasteiger partial charge in [-0.2, -0.15) is 0 Å². The zero-order valence-corrected chi connectivity index (χ0v) is 19.6. The number of carbonyl (C=O) groups is 1. The predicted molar refractivity (Wildman–Crippen MR) is 130 cm³/mol. The van der Waals surface area contributed by atoms with Gasteiger partial charge in [-0.15, -0.1) is 0 Å². The summed E-state index contributed by atoms with van der Waals surface area (Å²) in [7, 11) is -3.64. The molecule has 0 aromatic heterocycles. The molecule has 5 nitrogen and oxygen atoms in total. The number of hydrogen-bond donors (Lipinski definition) is 0. The maximum Gasteiger partial charge on any atom is 0.243 e. The van der Waals surface area contributed by atoms with Crippen LogP contribution >= 0.6 is 0 Å². The Morgan fingerprint density at radius 2 is 1.25 bits per heavy atom. The Balaban J connectivity index is 1.87. The molecule has 0 aliphatic rings. The maximum absolute atomic E-state index is 13.4. The van der Waals surface area contributed by atoms with Gasteiger partial charge in [0.15, 0.2) is 0 Å². The fourth-order valence-corrected chi connectivity index (χ4v) is 4.34. The molecular formula is C26H30N2O3S. The van der Waals surface area contributed by atoms with Crippen molar-refractivity contribution in [3.05, 3.63) is 102 Å². The third kappa shape index (κ3) is 6.44. The van der Waals surface area contributed by atoms with E-state index in [4.69, 9.17) is 0 Å². The summed E-state index contributed by atoms with van der Waals surface area (Å²) < 4.78 is 26.3. The first-order valence-electron chi connectivity index (χ1n) is 10.7. The van der Waals surface area contributed by atoms with E-state index in [0.29, 0.717) is 24.7 Å². The Morgan fingerprint density at radius 1 is 0.781 bits per heavy atom. The summed E-state index contributed by atoms with van der Waals surface area (Å²) in [5.74, 6) is 0.0840. The number of hydrogen-bond acceptors (Lipinski definition) is 3. The molecule has 0 unspecified atom stereocenters. The standard InChI is InChI=1S/C26H30N2O3S/c1-21(2)24-14-16-25(17-15-24)28(32(3,30)31)20-26(29)27(18-22-10-6-4-7-11-22)19-23-12-8-5-9-13-23/h4-17,21H,18-20H2,1-3H3. The summed E-state index contributed by atoms with van der Waals surface area (Å²) in [4.78, 5) is 15.1. The molecule has 0 N–H and O–H groups in total. The molecular weight excluding hydrogens is 420 g/mol. The second-order valence-electron chi connectivity index (χ2n) is 8.24. The third-order valence-electron chi connectivity index (χ3n) is 5.31. The number of anilines is 1. The second kappa shape index (κ2) is 10.5. The van der Waals surface area contributed by atoms with Crippen LogP contribution in [0.1, 0.15) is 36.5 Å². The summed E-state index contributed by atoms with van der Waals surface area (Å²) in [5.41, 5.74) is 3.58. The first-order chi connectivity index (χ1) is 15.2. The van der Waals surface area contributed by atoms with Crippen LogP contribution in [0.15, 0.2) is 84.9 Å². The topological polar surface area (TPSA) is 57.7 Å². The lowest BCUT2D eigenvalue weighted by molar-refractivity contribution is -0.130. The smallest absolute Gasteiger partial charge is 0.243 e. The number of carbonyl (C=O) groups excluding carboxylic acids is 1. The van der Waals surface area contributed by atoms with Crippen LogP contribution in [0.3, 0.4) is 0 Å². The summed E-state index contributed by atoms with van der Waals surface area (Å²) in [6, 6.07) is 26.8. The first kappa shape index (κ1) is 23.5. The van der Waals surface area contributed by atoms with Crippen molar-refractivity contribution in [2.75, 3.05) is 17.1 Å². The van der Waals surface area contributed by atoms with Gasteiger partial charge in [0, 0.05) is 13.1 Å². The minimum Gasteiger partial charge on any atom is -0.332 e. The predicted octanol–water partition coefficient (Wildman–Crippen LogP) is 4.81. The SMILES string of the molecule is CC(C)c1ccc(N(CC(=O)N(Cc2ccccc2)Cc2ccccc2)S(C)(=O)=O)cc1. The number of rotatable bonds is 9. The molecule has 32 heavy (non-hydrogen) atoms. The first-order valence-corrected chi connectivity index (χ1v) is 12.5. The van der Waals surface area contributed by atoms with Crippen LogP contribution in [0, 0.1) is 0 Å². The Hall–Kier alpha value is -3.12. The number of sulfonamides is 1. The average Bonchev–Trinajstić information content (AvgIpc) is 2.77. The van der Waals surface area contributed by atoms with Crippen molar-refractivity contribution in [3.63, 3.8) is 0 Å². The lowest BCUT2D eigenvalue weighted by Gasteiger charge is -2.28. The minimum absolute atomic E-state index is 0.250. The van der Waals surface area contributed by atoms with E-state index in [2.05, 4.69) is 13.8 Å². The maximum atomic E-state index is 13.4. The van der Waals surface area contributed by atoms with Gasteiger partial charge in [0.05, 0.1) is 11.9 Å². The van der Waals surface area contributed by atoms with Gasteiger partial charge in [0.25, 0.3) is 0 Å². The number of benzene rings is 3. The Bertz CT molecular complexity index is 1070. The van der Waals surface area contributed by atoms with E-state index in [-0.39, 0.29) is 12.5 Å². The van der Waals surface area contributed by atoms with E-state index in [9.17, 15) is 13.2 Å². The molecule has 3 aromatic rings. The van der Waals surface area contributed by atoms with Crippen LogP contribution in [-0.2, 0) is 27.9 Å². The Kier molecular flexibility index (Phi) is 7.70. The fourth-order valence-electron chi connectivity index (χ4n) is 3.49. The second-order valence-corrected chi connectivity index (χ2v) is 10.1. The van der Waals surface area contributed by atoms with Crippen molar-refractivity contribution in [2.45, 2.75) is 32.9 Å². The van der Waals surface area contributed by atoms with Crippen molar-refractivity contribution in [3.8, 4) is 0 Å². The molecule has 0 fully saturated rings. The van der Waals surface area contributed by atoms with Crippen LogP contribution in [0.4, 0.5) is 5.69 Å². The number of amides is 1. The van der Waals surface area contributed by atoms with E-state index in [0.717, 1.165) is 22.9 Å². The molecule has 0 bridgehead atoms. The summed E-state index contributed by atoms with van der Waals surface area (Å²) in [6.45, 7) is 4.71. The molecule has 3 rings (SSSR count). The van der Waals surface area contributed by atoms with Gasteiger partial charge in [-0.25, -0.2) is 8.42 Å². The molecule has 0 heterocycles. The van der Waals surface area contributed by atoms with Gasteiger partial charge in [-0.05, 0) is 34.7 Å². The van der Waals surface area contributed by atoms with Crippen LogP contribution < -0.4 is 4.31 Å². The van der Waals surface area contributed by atoms with Crippen LogP contribution in [-0.4, -0.2) is 32.0 Å². The van der Waals surface area contributed by atoms with E-state index in [1.54, 1.807) is 17.0 Å². The molecule has 1 amide bonds. The lowest BCUT2D eigenvalue weighted by Crippen LogP contribution is -2.42. The summed E-state index contributed by atoms with van der Waals surface area (Å²) >= 11 is 0. The van der Waals surface area contributed by atoms with Crippen LogP contribution in [0.2, 0.25) is 0 Å². The summed E-state index contributed by atoms with van der Waals surface area (Å²) in [5, 5.41) is 0. The molecule has 6 heteroatoms. The van der Waals surface area contributed by atoms with Gasteiger partial charge in [-0.1, -0.05) is 86.6 Å². The van der Waals surface area contributed by atoms with E-state index in [1.165, 1.54) is 4.31 Å². The van der Waals surface area contributed by atoms with Crippen molar-refractivity contribution >= 4 is 21.6 Å². The molecule has 168 valence electrons. The van der Waals surface area contributed by atoms with Crippen molar-refractivity contribution < 1.29 is 13.2 Å². The van der Waals surface area contributed by atoms with Crippen molar-refractivity contribution in [1.29, 1.82) is 0 Å². The van der Waals surface area contributed by atoms with Gasteiger partial charge >= 0.3 is 0 Å². The van der Waals surface area contributed by atoms with Crippen molar-refractivity contribution in [2.24, 2.45) is 0 Å². The highest BCUT2D eigenvalue weighted by atomic mass is 32.2. The highest BCUT2D eigenvalue weighted by Gasteiger charge is 2.24. The van der Waals surface area contributed by atoms with E-state index in [1.807, 2.05) is 72.8 Å². The van der Waals surface area contributed by atoms with E-state index < -0.39 is 10.0 Å². The molecule has 0 aliphatic heterocycles.